The molecule has 0 radical (unpaired) electrons. The molecule has 0 heterocycles. The quantitative estimate of drug-likeness (QED) is 0.912. The third-order valence-corrected chi connectivity index (χ3v) is 3.54. The normalized spacial score (nSPS) is 12.4. The number of rotatable bonds is 3. The molecule has 18 heavy (non-hydrogen) atoms. The highest BCUT2D eigenvalue weighted by Gasteiger charge is 2.11. The van der Waals surface area contributed by atoms with Crippen LogP contribution >= 0.6 is 15.9 Å². The molecule has 0 aromatic heterocycles. The fourth-order valence-electron chi connectivity index (χ4n) is 1.76. The molecule has 0 spiro atoms. The van der Waals surface area contributed by atoms with Gasteiger partial charge >= 0.3 is 0 Å². The molecule has 0 aliphatic heterocycles. The standard InChI is InChI=1S/C14H12BrF2N/c15-11-4-2-1-3-9(11)8-14(18)10-5-6-12(16)13(17)7-10/h1-7,14H,8,18H2. The zero-order valence-electron chi connectivity index (χ0n) is 9.54. The largest absolute Gasteiger partial charge is 0.324 e. The van der Waals surface area contributed by atoms with E-state index in [1.807, 2.05) is 24.3 Å². The fraction of sp³-hybridized carbons (Fsp3) is 0.143. The summed E-state index contributed by atoms with van der Waals surface area (Å²) in [6, 6.07) is 11.1. The van der Waals surface area contributed by atoms with E-state index in [1.165, 1.54) is 6.07 Å². The summed E-state index contributed by atoms with van der Waals surface area (Å²) in [5.41, 5.74) is 7.63. The molecule has 2 N–H and O–H groups in total. The first-order chi connectivity index (χ1) is 8.58. The molecule has 1 atom stereocenters. The van der Waals surface area contributed by atoms with Crippen LogP contribution in [0.15, 0.2) is 46.9 Å². The average Bonchev–Trinajstić information content (AvgIpc) is 2.35. The van der Waals surface area contributed by atoms with E-state index in [4.69, 9.17) is 5.73 Å². The summed E-state index contributed by atoms with van der Waals surface area (Å²) in [5.74, 6) is -1.72. The molecule has 0 aliphatic rings. The fourth-order valence-corrected chi connectivity index (χ4v) is 2.21. The van der Waals surface area contributed by atoms with E-state index in [2.05, 4.69) is 15.9 Å². The molecule has 0 saturated heterocycles. The first kappa shape index (κ1) is 13.2. The van der Waals surface area contributed by atoms with Crippen LogP contribution in [0, 0.1) is 11.6 Å². The van der Waals surface area contributed by atoms with Gasteiger partial charge in [-0.15, -0.1) is 0 Å². The Bertz CT molecular complexity index is 557. The lowest BCUT2D eigenvalue weighted by Gasteiger charge is -2.13. The van der Waals surface area contributed by atoms with Crippen LogP contribution in [0.3, 0.4) is 0 Å². The van der Waals surface area contributed by atoms with Crippen molar-refractivity contribution < 1.29 is 8.78 Å². The Kier molecular flexibility index (Phi) is 4.09. The predicted molar refractivity (Wildman–Crippen MR) is 71.1 cm³/mol. The minimum Gasteiger partial charge on any atom is -0.324 e. The van der Waals surface area contributed by atoms with E-state index in [0.29, 0.717) is 12.0 Å². The smallest absolute Gasteiger partial charge is 0.159 e. The van der Waals surface area contributed by atoms with Crippen molar-refractivity contribution in [2.45, 2.75) is 12.5 Å². The third kappa shape index (κ3) is 2.94. The van der Waals surface area contributed by atoms with Gasteiger partial charge in [-0.05, 0) is 35.7 Å². The van der Waals surface area contributed by atoms with Crippen molar-refractivity contribution in [3.8, 4) is 0 Å². The highest BCUT2D eigenvalue weighted by Crippen LogP contribution is 2.23. The van der Waals surface area contributed by atoms with E-state index < -0.39 is 11.6 Å². The van der Waals surface area contributed by atoms with Gasteiger partial charge in [-0.3, -0.25) is 0 Å². The molecule has 1 nitrogen and oxygen atoms in total. The maximum atomic E-state index is 13.1. The Morgan fingerprint density at radius 3 is 2.44 bits per heavy atom. The van der Waals surface area contributed by atoms with Crippen LogP contribution in [0.4, 0.5) is 8.78 Å². The number of hydrogen-bond acceptors (Lipinski definition) is 1. The zero-order valence-corrected chi connectivity index (χ0v) is 11.1. The molecule has 2 rings (SSSR count). The van der Waals surface area contributed by atoms with E-state index in [0.717, 1.165) is 22.2 Å². The zero-order chi connectivity index (χ0) is 13.1. The minimum atomic E-state index is -0.866. The first-order valence-corrected chi connectivity index (χ1v) is 6.31. The van der Waals surface area contributed by atoms with Gasteiger partial charge in [0.2, 0.25) is 0 Å². The molecule has 0 fully saturated rings. The molecule has 4 heteroatoms. The van der Waals surface area contributed by atoms with Gasteiger partial charge in [0.1, 0.15) is 0 Å². The van der Waals surface area contributed by atoms with Crippen molar-refractivity contribution in [1.29, 1.82) is 0 Å². The average molecular weight is 312 g/mol. The first-order valence-electron chi connectivity index (χ1n) is 5.52. The van der Waals surface area contributed by atoms with Gasteiger partial charge in [-0.1, -0.05) is 40.2 Å². The van der Waals surface area contributed by atoms with Crippen LogP contribution in [0.2, 0.25) is 0 Å². The second kappa shape index (κ2) is 5.59. The van der Waals surface area contributed by atoms with Crippen molar-refractivity contribution in [2.24, 2.45) is 5.73 Å². The van der Waals surface area contributed by atoms with Crippen molar-refractivity contribution in [1.82, 2.24) is 0 Å². The SMILES string of the molecule is NC(Cc1ccccc1Br)c1ccc(F)c(F)c1. The lowest BCUT2D eigenvalue weighted by Crippen LogP contribution is -2.14. The van der Waals surface area contributed by atoms with Crippen molar-refractivity contribution in [2.75, 3.05) is 0 Å². The summed E-state index contributed by atoms with van der Waals surface area (Å²) in [6.45, 7) is 0. The summed E-state index contributed by atoms with van der Waals surface area (Å²) < 4.78 is 26.9. The summed E-state index contributed by atoms with van der Waals surface area (Å²) in [5, 5.41) is 0. The van der Waals surface area contributed by atoms with Gasteiger partial charge < -0.3 is 5.73 Å². The van der Waals surface area contributed by atoms with Crippen LogP contribution in [0.1, 0.15) is 17.2 Å². The van der Waals surface area contributed by atoms with E-state index in [9.17, 15) is 8.78 Å². The highest BCUT2D eigenvalue weighted by atomic mass is 79.9. The maximum Gasteiger partial charge on any atom is 0.159 e. The predicted octanol–water partition coefficient (Wildman–Crippen LogP) is 3.97. The van der Waals surface area contributed by atoms with Gasteiger partial charge in [-0.25, -0.2) is 8.78 Å². The number of hydrogen-bond donors (Lipinski definition) is 1. The highest BCUT2D eigenvalue weighted by molar-refractivity contribution is 9.10. The lowest BCUT2D eigenvalue weighted by atomic mass is 9.99. The van der Waals surface area contributed by atoms with Crippen LogP contribution in [-0.2, 0) is 6.42 Å². The third-order valence-electron chi connectivity index (χ3n) is 2.77. The Morgan fingerprint density at radius 2 is 1.78 bits per heavy atom. The Morgan fingerprint density at radius 1 is 1.06 bits per heavy atom. The molecule has 94 valence electrons. The second-order valence-corrected chi connectivity index (χ2v) is 4.93. The summed E-state index contributed by atoms with van der Waals surface area (Å²) in [7, 11) is 0. The van der Waals surface area contributed by atoms with Gasteiger partial charge in [-0.2, -0.15) is 0 Å². The summed E-state index contributed by atoms with van der Waals surface area (Å²) in [4.78, 5) is 0. The molecule has 0 amide bonds. The molecule has 2 aromatic rings. The Balaban J connectivity index is 2.19. The number of nitrogens with two attached hydrogens (primary N) is 1. The van der Waals surface area contributed by atoms with Crippen LogP contribution < -0.4 is 5.73 Å². The second-order valence-electron chi connectivity index (χ2n) is 4.08. The van der Waals surface area contributed by atoms with Gasteiger partial charge in [0, 0.05) is 10.5 Å². The summed E-state index contributed by atoms with van der Waals surface area (Å²) in [6.07, 6.45) is 0.562. The molecule has 0 saturated carbocycles. The molecular weight excluding hydrogens is 300 g/mol. The van der Waals surface area contributed by atoms with Gasteiger partial charge in [0.15, 0.2) is 11.6 Å². The van der Waals surface area contributed by atoms with Crippen LogP contribution in [0.5, 0.6) is 0 Å². The van der Waals surface area contributed by atoms with Crippen molar-refractivity contribution in [3.05, 3.63) is 69.7 Å². The van der Waals surface area contributed by atoms with Gasteiger partial charge in [0.05, 0.1) is 0 Å². The minimum absolute atomic E-state index is 0.362. The summed E-state index contributed by atoms with van der Waals surface area (Å²) >= 11 is 3.43. The topological polar surface area (TPSA) is 26.0 Å². The molecule has 1 unspecified atom stereocenters. The molecule has 0 aliphatic carbocycles. The maximum absolute atomic E-state index is 13.1. The van der Waals surface area contributed by atoms with Crippen LogP contribution in [-0.4, -0.2) is 0 Å². The van der Waals surface area contributed by atoms with E-state index in [1.54, 1.807) is 0 Å². The molecule has 2 aromatic carbocycles. The van der Waals surface area contributed by atoms with E-state index in [-0.39, 0.29) is 6.04 Å². The Labute approximate surface area is 113 Å². The lowest BCUT2D eigenvalue weighted by molar-refractivity contribution is 0.505. The monoisotopic (exact) mass is 311 g/mol. The van der Waals surface area contributed by atoms with Crippen molar-refractivity contribution >= 4 is 15.9 Å². The van der Waals surface area contributed by atoms with E-state index >= 15 is 0 Å². The molecule has 0 bridgehead atoms. The van der Waals surface area contributed by atoms with Crippen LogP contribution in [0.25, 0.3) is 0 Å². The Hall–Kier alpha value is -1.26. The number of benzene rings is 2. The molecular formula is C14H12BrF2N. The van der Waals surface area contributed by atoms with Gasteiger partial charge in [0.25, 0.3) is 0 Å². The number of halogens is 3. The van der Waals surface area contributed by atoms with Crippen molar-refractivity contribution in [3.63, 3.8) is 0 Å².